The Morgan fingerprint density at radius 3 is 2.92 bits per heavy atom. The molecule has 1 aliphatic carbocycles. The second kappa shape index (κ2) is 7.25. The summed E-state index contributed by atoms with van der Waals surface area (Å²) in [6.45, 7) is 7.02. The molecule has 2 aromatic rings. The lowest BCUT2D eigenvalue weighted by molar-refractivity contribution is -0.00296. The zero-order valence-electron chi connectivity index (χ0n) is 14.6. The van der Waals surface area contributed by atoms with Crippen LogP contribution in [0.1, 0.15) is 54.6 Å². The second-order valence-electron chi connectivity index (χ2n) is 6.61. The van der Waals surface area contributed by atoms with Gasteiger partial charge in [-0.1, -0.05) is 19.8 Å². The number of amides is 1. The molecule has 1 amide bonds. The van der Waals surface area contributed by atoms with Crippen molar-refractivity contribution in [3.8, 4) is 0 Å². The Balaban J connectivity index is 1.53. The Bertz CT molecular complexity index is 727. The maximum atomic E-state index is 12.2. The molecule has 0 aromatic carbocycles. The van der Waals surface area contributed by atoms with E-state index in [2.05, 4.69) is 27.3 Å². The highest BCUT2D eigenvalue weighted by molar-refractivity contribution is 5.90. The topological polar surface area (TPSA) is 81.4 Å². The van der Waals surface area contributed by atoms with E-state index in [1.54, 1.807) is 4.52 Å². The lowest BCUT2D eigenvalue weighted by atomic mass is 9.88. The van der Waals surface area contributed by atoms with Gasteiger partial charge in [-0.15, -0.1) is 5.10 Å². The highest BCUT2D eigenvalue weighted by Gasteiger charge is 2.21. The van der Waals surface area contributed by atoms with E-state index < -0.39 is 0 Å². The molecule has 2 atom stereocenters. The van der Waals surface area contributed by atoms with Gasteiger partial charge in [-0.3, -0.25) is 4.79 Å². The Labute approximate surface area is 141 Å². The van der Waals surface area contributed by atoms with Crippen molar-refractivity contribution in [3.63, 3.8) is 0 Å². The molecule has 7 heteroatoms. The molecule has 2 aromatic heterocycles. The van der Waals surface area contributed by atoms with Gasteiger partial charge >= 0.3 is 0 Å². The second-order valence-corrected chi connectivity index (χ2v) is 6.61. The van der Waals surface area contributed by atoms with E-state index in [1.807, 2.05) is 19.9 Å². The molecule has 3 rings (SSSR count). The van der Waals surface area contributed by atoms with E-state index >= 15 is 0 Å². The van der Waals surface area contributed by atoms with Gasteiger partial charge < -0.3 is 10.1 Å². The van der Waals surface area contributed by atoms with Crippen molar-refractivity contribution in [3.05, 3.63) is 23.3 Å². The molecule has 130 valence electrons. The SMILES string of the molecule is Cc1cc(C)n2nc(C(=O)NCCO[C@H]3CCCC[C@H]3C)nc2n1. The number of carbonyl (C=O) groups is 1. The monoisotopic (exact) mass is 331 g/mol. The maximum absolute atomic E-state index is 12.2. The van der Waals surface area contributed by atoms with E-state index in [9.17, 15) is 4.79 Å². The minimum Gasteiger partial charge on any atom is -0.376 e. The average Bonchev–Trinajstić information content (AvgIpc) is 2.97. The quantitative estimate of drug-likeness (QED) is 0.848. The Kier molecular flexibility index (Phi) is 5.08. The van der Waals surface area contributed by atoms with Crippen LogP contribution in [0.2, 0.25) is 0 Å². The van der Waals surface area contributed by atoms with E-state index in [4.69, 9.17) is 4.74 Å². The van der Waals surface area contributed by atoms with E-state index in [0.717, 1.165) is 17.8 Å². The van der Waals surface area contributed by atoms with Crippen molar-refractivity contribution in [1.29, 1.82) is 0 Å². The highest BCUT2D eigenvalue weighted by Crippen LogP contribution is 2.25. The zero-order chi connectivity index (χ0) is 17.1. The first-order chi connectivity index (χ1) is 11.5. The van der Waals surface area contributed by atoms with Gasteiger partial charge in [0, 0.05) is 17.9 Å². The minimum absolute atomic E-state index is 0.141. The summed E-state index contributed by atoms with van der Waals surface area (Å²) in [6.07, 6.45) is 5.20. The van der Waals surface area contributed by atoms with Gasteiger partial charge in [0.25, 0.3) is 11.7 Å². The van der Waals surface area contributed by atoms with Gasteiger partial charge in [0.1, 0.15) is 0 Å². The van der Waals surface area contributed by atoms with Gasteiger partial charge in [-0.05, 0) is 38.7 Å². The molecule has 24 heavy (non-hydrogen) atoms. The van der Waals surface area contributed by atoms with Gasteiger partial charge in [-0.2, -0.15) is 4.98 Å². The van der Waals surface area contributed by atoms with Crippen molar-refractivity contribution in [2.24, 2.45) is 5.92 Å². The first kappa shape index (κ1) is 16.8. The van der Waals surface area contributed by atoms with Crippen LogP contribution in [0.3, 0.4) is 0 Å². The molecule has 0 unspecified atom stereocenters. The summed E-state index contributed by atoms with van der Waals surface area (Å²) >= 11 is 0. The number of hydrogen-bond donors (Lipinski definition) is 1. The number of hydrogen-bond acceptors (Lipinski definition) is 5. The summed E-state index contributed by atoms with van der Waals surface area (Å²) in [7, 11) is 0. The molecule has 0 saturated heterocycles. The predicted octanol–water partition coefficient (Wildman–Crippen LogP) is 2.07. The number of ether oxygens (including phenoxy) is 1. The summed E-state index contributed by atoms with van der Waals surface area (Å²) in [4.78, 5) is 20.7. The van der Waals surface area contributed by atoms with Crippen molar-refractivity contribution in [2.45, 2.75) is 52.6 Å². The normalized spacial score (nSPS) is 21.1. The molecule has 0 radical (unpaired) electrons. The van der Waals surface area contributed by atoms with Gasteiger partial charge in [0.15, 0.2) is 0 Å². The van der Waals surface area contributed by atoms with Crippen molar-refractivity contribution >= 4 is 11.7 Å². The van der Waals surface area contributed by atoms with Crippen LogP contribution in [0.25, 0.3) is 5.78 Å². The third-order valence-corrected chi connectivity index (χ3v) is 4.57. The minimum atomic E-state index is -0.294. The number of carbonyl (C=O) groups excluding carboxylic acids is 1. The molecule has 0 aliphatic heterocycles. The van der Waals surface area contributed by atoms with Crippen molar-refractivity contribution < 1.29 is 9.53 Å². The third-order valence-electron chi connectivity index (χ3n) is 4.57. The van der Waals surface area contributed by atoms with E-state index in [1.165, 1.54) is 19.3 Å². The molecule has 1 fully saturated rings. The first-order valence-electron chi connectivity index (χ1n) is 8.65. The lowest BCUT2D eigenvalue weighted by Crippen LogP contribution is -2.32. The molecule has 7 nitrogen and oxygen atoms in total. The summed E-state index contributed by atoms with van der Waals surface area (Å²) in [5.41, 5.74) is 1.76. The van der Waals surface area contributed by atoms with Gasteiger partial charge in [0.2, 0.25) is 5.82 Å². The maximum Gasteiger partial charge on any atom is 0.291 e. The summed E-state index contributed by atoms with van der Waals surface area (Å²) in [5.74, 6) is 0.900. The molecular formula is C17H25N5O2. The number of aryl methyl sites for hydroxylation is 2. The number of nitrogens with zero attached hydrogens (tertiary/aromatic N) is 4. The number of fused-ring (bicyclic) bond motifs is 1. The summed E-state index contributed by atoms with van der Waals surface area (Å²) in [5, 5.41) is 7.04. The Morgan fingerprint density at radius 2 is 2.12 bits per heavy atom. The number of aromatic nitrogens is 4. The third kappa shape index (κ3) is 3.72. The van der Waals surface area contributed by atoms with Gasteiger partial charge in [0.05, 0.1) is 12.7 Å². The molecule has 2 heterocycles. The summed E-state index contributed by atoms with van der Waals surface area (Å²) in [6, 6.07) is 1.91. The summed E-state index contributed by atoms with van der Waals surface area (Å²) < 4.78 is 7.49. The van der Waals surface area contributed by atoms with Crippen LogP contribution in [0.4, 0.5) is 0 Å². The first-order valence-corrected chi connectivity index (χ1v) is 8.65. The standard InChI is InChI=1S/C17H25N5O2/c1-11-6-4-5-7-14(11)24-9-8-18-16(23)15-20-17-19-12(2)10-13(3)22(17)21-15/h10-11,14H,4-9H2,1-3H3,(H,18,23)/t11-,14+/m1/s1. The molecule has 1 aliphatic rings. The predicted molar refractivity (Wildman–Crippen MR) is 90.0 cm³/mol. The van der Waals surface area contributed by atoms with Gasteiger partial charge in [-0.25, -0.2) is 9.50 Å². The zero-order valence-corrected chi connectivity index (χ0v) is 14.6. The lowest BCUT2D eigenvalue weighted by Gasteiger charge is -2.28. The van der Waals surface area contributed by atoms with Crippen molar-refractivity contribution in [2.75, 3.05) is 13.2 Å². The van der Waals surface area contributed by atoms with Crippen LogP contribution < -0.4 is 5.32 Å². The van der Waals surface area contributed by atoms with Crippen LogP contribution in [0, 0.1) is 19.8 Å². The average molecular weight is 331 g/mol. The number of nitrogens with one attached hydrogen (secondary N) is 1. The largest absolute Gasteiger partial charge is 0.376 e. The molecular weight excluding hydrogens is 306 g/mol. The Morgan fingerprint density at radius 1 is 1.33 bits per heavy atom. The molecule has 0 bridgehead atoms. The smallest absolute Gasteiger partial charge is 0.291 e. The van der Waals surface area contributed by atoms with Crippen LogP contribution in [0.5, 0.6) is 0 Å². The molecule has 1 N–H and O–H groups in total. The van der Waals surface area contributed by atoms with Crippen LogP contribution >= 0.6 is 0 Å². The molecule has 0 spiro atoms. The van der Waals surface area contributed by atoms with Crippen LogP contribution in [0.15, 0.2) is 6.07 Å². The van der Waals surface area contributed by atoms with E-state index in [0.29, 0.717) is 31.0 Å². The fraction of sp³-hybridized carbons (Fsp3) is 0.647. The molecule has 1 saturated carbocycles. The fourth-order valence-electron chi connectivity index (χ4n) is 3.25. The fourth-order valence-corrected chi connectivity index (χ4v) is 3.25. The Hall–Kier alpha value is -2.02. The van der Waals surface area contributed by atoms with Crippen LogP contribution in [-0.4, -0.2) is 44.7 Å². The van der Waals surface area contributed by atoms with Crippen LogP contribution in [-0.2, 0) is 4.74 Å². The highest BCUT2D eigenvalue weighted by atomic mass is 16.5. The van der Waals surface area contributed by atoms with Crippen molar-refractivity contribution in [1.82, 2.24) is 24.9 Å². The van der Waals surface area contributed by atoms with E-state index in [-0.39, 0.29) is 11.7 Å². The number of rotatable bonds is 5.